The van der Waals surface area contributed by atoms with Crippen molar-refractivity contribution in [1.29, 1.82) is 0 Å². The zero-order chi connectivity index (χ0) is 18.8. The largest absolute Gasteiger partial charge is 0.504 e. The van der Waals surface area contributed by atoms with Gasteiger partial charge in [-0.2, -0.15) is 5.10 Å². The highest BCUT2D eigenvalue weighted by atomic mass is 16.5. The Morgan fingerprint density at radius 3 is 2.31 bits per heavy atom. The van der Waals surface area contributed by atoms with Crippen LogP contribution in [0.5, 0.6) is 23.0 Å². The van der Waals surface area contributed by atoms with Crippen LogP contribution in [0.2, 0.25) is 0 Å². The van der Waals surface area contributed by atoms with E-state index in [0.717, 1.165) is 28.8 Å². The fraction of sp³-hybridized carbons (Fsp3) is 0.300. The number of phenolic OH excluding ortho intramolecular Hbond substituents is 2. The van der Waals surface area contributed by atoms with Crippen molar-refractivity contribution in [3.05, 3.63) is 47.0 Å². The third-order valence-electron chi connectivity index (χ3n) is 4.65. The number of methoxy groups -OCH3 is 2. The summed E-state index contributed by atoms with van der Waals surface area (Å²) in [5.74, 6) is 0.868. The molecule has 0 unspecified atom stereocenters. The van der Waals surface area contributed by atoms with Gasteiger partial charge in [0.2, 0.25) is 0 Å². The molecule has 1 heterocycles. The van der Waals surface area contributed by atoms with Gasteiger partial charge in [0.15, 0.2) is 23.0 Å². The Balaban J connectivity index is 2.24. The van der Waals surface area contributed by atoms with Gasteiger partial charge in [-0.1, -0.05) is 6.92 Å². The summed E-state index contributed by atoms with van der Waals surface area (Å²) in [6, 6.07) is 8.62. The fourth-order valence-corrected chi connectivity index (χ4v) is 3.28. The van der Waals surface area contributed by atoms with Gasteiger partial charge in [0, 0.05) is 22.8 Å². The monoisotopic (exact) mass is 354 g/mol. The molecule has 0 amide bonds. The lowest BCUT2D eigenvalue weighted by molar-refractivity contribution is 0.355. The lowest BCUT2D eigenvalue weighted by atomic mass is 9.85. The molecule has 1 atom stereocenters. The molecule has 26 heavy (non-hydrogen) atoms. The average Bonchev–Trinajstić information content (AvgIpc) is 2.77. The lowest BCUT2D eigenvalue weighted by Gasteiger charge is -2.18. The van der Waals surface area contributed by atoms with E-state index in [9.17, 15) is 10.2 Å². The summed E-state index contributed by atoms with van der Waals surface area (Å²) in [7, 11) is 3.15. The minimum atomic E-state index is -0.189. The summed E-state index contributed by atoms with van der Waals surface area (Å²) in [4.78, 5) is 0. The summed E-state index contributed by atoms with van der Waals surface area (Å²) < 4.78 is 10.7. The Hall–Kier alpha value is -3.02. The van der Waals surface area contributed by atoms with Crippen LogP contribution in [-0.4, -0.2) is 35.9 Å². The van der Waals surface area contributed by atoms with Gasteiger partial charge in [-0.05, 0) is 49.2 Å². The van der Waals surface area contributed by atoms with E-state index in [4.69, 9.17) is 9.47 Å². The summed E-state index contributed by atoms with van der Waals surface area (Å²) in [5.41, 5.74) is 3.86. The van der Waals surface area contributed by atoms with Gasteiger partial charge < -0.3 is 19.7 Å². The highest BCUT2D eigenvalue weighted by Crippen LogP contribution is 2.38. The molecule has 136 valence electrons. The van der Waals surface area contributed by atoms with Crippen molar-refractivity contribution in [1.82, 2.24) is 0 Å². The predicted octanol–water partition coefficient (Wildman–Crippen LogP) is 3.84. The number of nitrogens with zero attached hydrogens (tertiary/aromatic N) is 2. The summed E-state index contributed by atoms with van der Waals surface area (Å²) >= 11 is 0. The van der Waals surface area contributed by atoms with Crippen molar-refractivity contribution in [2.45, 2.75) is 26.2 Å². The highest BCUT2D eigenvalue weighted by Gasteiger charge is 2.25. The van der Waals surface area contributed by atoms with Crippen molar-refractivity contribution >= 4 is 11.4 Å². The number of rotatable bonds is 4. The molecule has 1 aliphatic rings. The van der Waals surface area contributed by atoms with Gasteiger partial charge in [-0.25, -0.2) is 0 Å². The van der Waals surface area contributed by atoms with Crippen LogP contribution in [0, 0.1) is 0 Å². The van der Waals surface area contributed by atoms with E-state index < -0.39 is 0 Å². The summed E-state index contributed by atoms with van der Waals surface area (Å²) in [5, 5.41) is 28.9. The normalized spacial score (nSPS) is 16.2. The first-order valence-corrected chi connectivity index (χ1v) is 8.40. The number of hydrogen-bond donors (Lipinski definition) is 2. The second-order valence-corrected chi connectivity index (χ2v) is 6.15. The van der Waals surface area contributed by atoms with E-state index in [0.29, 0.717) is 17.2 Å². The van der Waals surface area contributed by atoms with Crippen molar-refractivity contribution in [2.75, 3.05) is 14.2 Å². The molecule has 0 saturated carbocycles. The van der Waals surface area contributed by atoms with Crippen LogP contribution >= 0.6 is 0 Å². The van der Waals surface area contributed by atoms with Gasteiger partial charge >= 0.3 is 0 Å². The van der Waals surface area contributed by atoms with E-state index in [1.807, 2.05) is 19.1 Å². The number of benzene rings is 2. The van der Waals surface area contributed by atoms with Crippen LogP contribution in [0.1, 0.15) is 42.9 Å². The van der Waals surface area contributed by atoms with Gasteiger partial charge in [0.05, 0.1) is 14.2 Å². The van der Waals surface area contributed by atoms with E-state index in [2.05, 4.69) is 17.1 Å². The van der Waals surface area contributed by atoms with Gasteiger partial charge in [0.1, 0.15) is 5.71 Å². The highest BCUT2D eigenvalue weighted by molar-refractivity contribution is 6.16. The molecule has 6 heteroatoms. The molecule has 6 nitrogen and oxygen atoms in total. The molecule has 2 aromatic carbocycles. The maximum absolute atomic E-state index is 10.1. The first kappa shape index (κ1) is 17.8. The van der Waals surface area contributed by atoms with Gasteiger partial charge in [0.25, 0.3) is 0 Å². The molecule has 1 aliphatic heterocycles. The molecular weight excluding hydrogens is 332 g/mol. The molecule has 0 fully saturated rings. The van der Waals surface area contributed by atoms with E-state index in [-0.39, 0.29) is 17.4 Å². The number of fused-ring (bicyclic) bond motifs is 1. The smallest absolute Gasteiger partial charge is 0.161 e. The Bertz CT molecular complexity index is 903. The Labute approximate surface area is 152 Å². The zero-order valence-corrected chi connectivity index (χ0v) is 15.3. The second kappa shape index (κ2) is 7.07. The van der Waals surface area contributed by atoms with Crippen molar-refractivity contribution in [3.63, 3.8) is 0 Å². The molecule has 2 N–H and O–H groups in total. The minimum absolute atomic E-state index is 0.0119. The lowest BCUT2D eigenvalue weighted by Crippen LogP contribution is -2.12. The molecule has 0 aromatic heterocycles. The Morgan fingerprint density at radius 1 is 0.962 bits per heavy atom. The Morgan fingerprint density at radius 2 is 1.65 bits per heavy atom. The molecule has 0 aliphatic carbocycles. The Kier molecular flexibility index (Phi) is 4.84. The number of phenols is 2. The van der Waals surface area contributed by atoms with Crippen LogP contribution in [0.25, 0.3) is 0 Å². The topological polar surface area (TPSA) is 83.6 Å². The van der Waals surface area contributed by atoms with Crippen LogP contribution < -0.4 is 9.47 Å². The molecule has 3 rings (SSSR count). The molecule has 0 bridgehead atoms. The molecular formula is C20H22N2O4. The number of hydrogen-bond acceptors (Lipinski definition) is 6. The standard InChI is InChI=1S/C20H22N2O4/c1-5-13-11(2)21-22-20(15-10-17(24)16(23)9-14(13)15)12-6-7-18(25-3)19(8-12)26-4/h6-10,13,23-24H,5H2,1-4H3/t13-/m1/s1. The van der Waals surface area contributed by atoms with Crippen molar-refractivity contribution in [2.24, 2.45) is 10.2 Å². The summed E-state index contributed by atoms with van der Waals surface area (Å²) in [6.07, 6.45) is 0.807. The van der Waals surface area contributed by atoms with E-state index >= 15 is 0 Å². The molecule has 0 spiro atoms. The second-order valence-electron chi connectivity index (χ2n) is 6.15. The van der Waals surface area contributed by atoms with Crippen molar-refractivity contribution in [3.8, 4) is 23.0 Å². The number of aromatic hydroxyl groups is 2. The number of ether oxygens (including phenoxy) is 2. The molecule has 0 radical (unpaired) electrons. The van der Waals surface area contributed by atoms with Crippen LogP contribution in [0.3, 0.4) is 0 Å². The maximum Gasteiger partial charge on any atom is 0.161 e. The van der Waals surface area contributed by atoms with E-state index in [1.54, 1.807) is 26.4 Å². The third kappa shape index (κ3) is 2.98. The van der Waals surface area contributed by atoms with Crippen LogP contribution in [0.4, 0.5) is 0 Å². The van der Waals surface area contributed by atoms with Crippen LogP contribution in [-0.2, 0) is 0 Å². The molecule has 0 saturated heterocycles. The zero-order valence-electron chi connectivity index (χ0n) is 15.3. The first-order valence-electron chi connectivity index (χ1n) is 8.40. The minimum Gasteiger partial charge on any atom is -0.504 e. The van der Waals surface area contributed by atoms with Gasteiger partial charge in [-0.3, -0.25) is 0 Å². The quantitative estimate of drug-likeness (QED) is 0.817. The van der Waals surface area contributed by atoms with Crippen LogP contribution in [0.15, 0.2) is 40.5 Å². The summed E-state index contributed by atoms with van der Waals surface area (Å²) in [6.45, 7) is 3.97. The SMILES string of the molecule is CC[C@@H]1C(C)=NN=C(c2ccc(OC)c(OC)c2)c2cc(O)c(O)cc21. The van der Waals surface area contributed by atoms with Crippen molar-refractivity contribution < 1.29 is 19.7 Å². The first-order chi connectivity index (χ1) is 12.5. The molecule has 2 aromatic rings. The third-order valence-corrected chi connectivity index (χ3v) is 4.65. The fourth-order valence-electron chi connectivity index (χ4n) is 3.28. The van der Waals surface area contributed by atoms with E-state index in [1.165, 1.54) is 6.07 Å². The maximum atomic E-state index is 10.1. The average molecular weight is 354 g/mol. The van der Waals surface area contributed by atoms with Gasteiger partial charge in [-0.15, -0.1) is 5.10 Å². The predicted molar refractivity (Wildman–Crippen MR) is 101 cm³/mol.